The van der Waals surface area contributed by atoms with E-state index in [9.17, 15) is 22.8 Å². The summed E-state index contributed by atoms with van der Waals surface area (Å²) in [6.45, 7) is 4.22. The molecule has 10 heteroatoms. The van der Waals surface area contributed by atoms with Crippen molar-refractivity contribution in [3.05, 3.63) is 29.8 Å². The number of esters is 1. The van der Waals surface area contributed by atoms with Crippen molar-refractivity contribution in [2.24, 2.45) is 0 Å². The van der Waals surface area contributed by atoms with Crippen LogP contribution in [0.2, 0.25) is 0 Å². The minimum atomic E-state index is -4.29. The second-order valence-electron chi connectivity index (χ2n) is 7.35. The van der Waals surface area contributed by atoms with Crippen LogP contribution in [0, 0.1) is 0 Å². The van der Waals surface area contributed by atoms with Crippen molar-refractivity contribution in [3.8, 4) is 0 Å². The number of nitrogens with zero attached hydrogens (tertiary/aromatic N) is 2. The van der Waals surface area contributed by atoms with Gasteiger partial charge in [0.25, 0.3) is 0 Å². The summed E-state index contributed by atoms with van der Waals surface area (Å²) in [6, 6.07) is 6.31. The Morgan fingerprint density at radius 3 is 2.32 bits per heavy atom. The minimum absolute atomic E-state index is 0.0579. The lowest BCUT2D eigenvalue weighted by molar-refractivity contribution is -0.174. The Balaban J connectivity index is 1.66. The van der Waals surface area contributed by atoms with Crippen molar-refractivity contribution in [1.82, 2.24) is 9.80 Å². The molecule has 1 N–H and O–H groups in total. The number of benzene rings is 1. The van der Waals surface area contributed by atoms with E-state index in [1.54, 1.807) is 29.2 Å². The first-order chi connectivity index (χ1) is 14.8. The van der Waals surface area contributed by atoms with Gasteiger partial charge in [0.1, 0.15) is 6.61 Å². The van der Waals surface area contributed by atoms with Crippen molar-refractivity contribution < 1.29 is 32.2 Å². The molecular weight excluding hydrogens is 415 g/mol. The van der Waals surface area contributed by atoms with Crippen LogP contribution in [0.25, 0.3) is 0 Å². The van der Waals surface area contributed by atoms with E-state index < -0.39 is 12.8 Å². The van der Waals surface area contributed by atoms with Gasteiger partial charge in [-0.25, -0.2) is 9.59 Å². The molecule has 174 valence electrons. The molecule has 0 aliphatic carbocycles. The maximum atomic E-state index is 12.4. The van der Waals surface area contributed by atoms with Crippen LogP contribution in [0.3, 0.4) is 0 Å². The molecule has 1 saturated heterocycles. The average molecular weight is 445 g/mol. The standard InChI is InChI=1S/C21H30F3N3O4/c1-2-3-15-31-19(28)17-5-7-18(8-6-17)25-20(29)27-12-10-26(11-13-27)9-4-14-30-16-21(22,23)24/h5-8H,2-4,9-16H2,1H3,(H,25,29). The highest BCUT2D eigenvalue weighted by Crippen LogP contribution is 2.15. The van der Waals surface area contributed by atoms with Gasteiger partial charge >= 0.3 is 18.2 Å². The summed E-state index contributed by atoms with van der Waals surface area (Å²) in [4.78, 5) is 28.1. The van der Waals surface area contributed by atoms with Crippen LogP contribution in [-0.2, 0) is 9.47 Å². The summed E-state index contributed by atoms with van der Waals surface area (Å²) in [5.74, 6) is -0.383. The van der Waals surface area contributed by atoms with Crippen LogP contribution in [0.4, 0.5) is 23.7 Å². The quantitative estimate of drug-likeness (QED) is 0.439. The Labute approximate surface area is 180 Å². The van der Waals surface area contributed by atoms with Crippen LogP contribution in [0.15, 0.2) is 24.3 Å². The molecule has 0 radical (unpaired) electrons. The Bertz CT molecular complexity index is 690. The normalized spacial score (nSPS) is 15.0. The summed E-state index contributed by atoms with van der Waals surface area (Å²) in [6.07, 6.45) is -2.02. The van der Waals surface area contributed by atoms with E-state index in [0.29, 0.717) is 57.0 Å². The smallest absolute Gasteiger partial charge is 0.411 e. The Hall–Kier alpha value is -2.33. The van der Waals surface area contributed by atoms with Crippen molar-refractivity contribution in [2.75, 3.05) is 57.9 Å². The van der Waals surface area contributed by atoms with E-state index >= 15 is 0 Å². The fraction of sp³-hybridized carbons (Fsp3) is 0.619. The van der Waals surface area contributed by atoms with E-state index in [1.165, 1.54) is 0 Å². The molecule has 0 saturated carbocycles. The number of unbranched alkanes of at least 4 members (excludes halogenated alkanes) is 1. The topological polar surface area (TPSA) is 71.1 Å². The lowest BCUT2D eigenvalue weighted by atomic mass is 10.2. The summed E-state index contributed by atoms with van der Waals surface area (Å²) in [7, 11) is 0. The van der Waals surface area contributed by atoms with Gasteiger partial charge in [-0.3, -0.25) is 4.90 Å². The highest BCUT2D eigenvalue weighted by atomic mass is 19.4. The van der Waals surface area contributed by atoms with Gasteiger partial charge < -0.3 is 19.7 Å². The molecule has 1 aromatic carbocycles. The van der Waals surface area contributed by atoms with Crippen molar-refractivity contribution in [1.29, 1.82) is 0 Å². The number of nitrogens with one attached hydrogen (secondary N) is 1. The Kier molecular flexibility index (Phi) is 10.1. The Morgan fingerprint density at radius 2 is 1.71 bits per heavy atom. The number of hydrogen-bond acceptors (Lipinski definition) is 5. The van der Waals surface area contributed by atoms with Gasteiger partial charge in [0.15, 0.2) is 0 Å². The second kappa shape index (κ2) is 12.5. The van der Waals surface area contributed by atoms with Crippen LogP contribution in [-0.4, -0.2) is 80.5 Å². The van der Waals surface area contributed by atoms with Gasteiger partial charge in [-0.05, 0) is 37.1 Å². The fourth-order valence-corrected chi connectivity index (χ4v) is 3.04. The highest BCUT2D eigenvalue weighted by molar-refractivity contribution is 5.92. The number of alkyl halides is 3. The molecule has 1 heterocycles. The van der Waals surface area contributed by atoms with Gasteiger partial charge in [0.2, 0.25) is 0 Å². The van der Waals surface area contributed by atoms with Crippen LogP contribution < -0.4 is 5.32 Å². The minimum Gasteiger partial charge on any atom is -0.462 e. The predicted octanol–water partition coefficient (Wildman–Crippen LogP) is 3.76. The molecule has 1 fully saturated rings. The molecule has 0 bridgehead atoms. The number of carbonyl (C=O) groups is 2. The first-order valence-electron chi connectivity index (χ1n) is 10.5. The second-order valence-corrected chi connectivity index (χ2v) is 7.35. The van der Waals surface area contributed by atoms with E-state index in [1.807, 2.05) is 6.92 Å². The number of amides is 2. The first kappa shape index (κ1) is 24.9. The van der Waals surface area contributed by atoms with E-state index in [2.05, 4.69) is 15.0 Å². The Morgan fingerprint density at radius 1 is 1.03 bits per heavy atom. The molecule has 1 aromatic rings. The van der Waals surface area contributed by atoms with Crippen molar-refractivity contribution in [3.63, 3.8) is 0 Å². The monoisotopic (exact) mass is 445 g/mol. The van der Waals surface area contributed by atoms with Crippen LogP contribution in [0.1, 0.15) is 36.5 Å². The maximum Gasteiger partial charge on any atom is 0.411 e. The molecule has 1 aliphatic rings. The molecule has 0 aromatic heterocycles. The molecule has 31 heavy (non-hydrogen) atoms. The third-order valence-corrected chi connectivity index (χ3v) is 4.79. The third kappa shape index (κ3) is 9.56. The number of ether oxygens (including phenoxy) is 2. The van der Waals surface area contributed by atoms with Crippen LogP contribution in [0.5, 0.6) is 0 Å². The molecule has 7 nitrogen and oxygen atoms in total. The molecule has 2 amide bonds. The van der Waals surface area contributed by atoms with Gasteiger partial charge in [-0.15, -0.1) is 0 Å². The number of urea groups is 1. The van der Waals surface area contributed by atoms with E-state index in [-0.39, 0.29) is 18.6 Å². The number of carbonyl (C=O) groups excluding carboxylic acids is 2. The first-order valence-corrected chi connectivity index (χ1v) is 10.5. The number of piperazine rings is 1. The van der Waals surface area contributed by atoms with E-state index in [4.69, 9.17) is 4.74 Å². The van der Waals surface area contributed by atoms with Gasteiger partial charge in [-0.1, -0.05) is 13.3 Å². The highest BCUT2D eigenvalue weighted by Gasteiger charge is 2.27. The van der Waals surface area contributed by atoms with E-state index in [0.717, 1.165) is 12.8 Å². The number of hydrogen-bond donors (Lipinski definition) is 1. The predicted molar refractivity (Wildman–Crippen MR) is 110 cm³/mol. The largest absolute Gasteiger partial charge is 0.462 e. The zero-order valence-electron chi connectivity index (χ0n) is 17.7. The molecule has 0 spiro atoms. The fourth-order valence-electron chi connectivity index (χ4n) is 3.04. The zero-order valence-corrected chi connectivity index (χ0v) is 17.7. The average Bonchev–Trinajstić information content (AvgIpc) is 2.73. The maximum absolute atomic E-state index is 12.4. The van der Waals surface area contributed by atoms with Crippen molar-refractivity contribution in [2.45, 2.75) is 32.4 Å². The summed E-state index contributed by atoms with van der Waals surface area (Å²) >= 11 is 0. The third-order valence-electron chi connectivity index (χ3n) is 4.79. The molecule has 2 rings (SSSR count). The lowest BCUT2D eigenvalue weighted by Gasteiger charge is -2.34. The molecule has 0 atom stereocenters. The number of rotatable bonds is 10. The summed E-state index contributed by atoms with van der Waals surface area (Å²) in [5.41, 5.74) is 1.02. The van der Waals surface area contributed by atoms with Gasteiger partial charge in [-0.2, -0.15) is 13.2 Å². The van der Waals surface area contributed by atoms with Crippen LogP contribution >= 0.6 is 0 Å². The number of halogens is 3. The number of anilines is 1. The lowest BCUT2D eigenvalue weighted by Crippen LogP contribution is -2.50. The summed E-state index contributed by atoms with van der Waals surface area (Å²) in [5, 5.41) is 2.81. The SMILES string of the molecule is CCCCOC(=O)c1ccc(NC(=O)N2CCN(CCCOCC(F)(F)F)CC2)cc1. The van der Waals surface area contributed by atoms with Gasteiger partial charge in [0, 0.05) is 45.0 Å². The zero-order chi connectivity index (χ0) is 22.7. The summed E-state index contributed by atoms with van der Waals surface area (Å²) < 4.78 is 45.8. The molecular formula is C21H30F3N3O4. The molecule has 0 unspecified atom stereocenters. The molecule has 1 aliphatic heterocycles. The van der Waals surface area contributed by atoms with Gasteiger partial charge in [0.05, 0.1) is 12.2 Å². The van der Waals surface area contributed by atoms with Crippen molar-refractivity contribution >= 4 is 17.7 Å².